The second kappa shape index (κ2) is 20.6. The highest BCUT2D eigenvalue weighted by Gasteiger charge is 2.25. The smallest absolute Gasteiger partial charge is 0.409 e. The Kier molecular flexibility index (Phi) is 14.4. The van der Waals surface area contributed by atoms with E-state index in [1.165, 1.54) is 12.1 Å². The fourth-order valence-electron chi connectivity index (χ4n) is 8.16. The summed E-state index contributed by atoms with van der Waals surface area (Å²) in [5.41, 5.74) is 7.52. The molecule has 5 aromatic carbocycles. The number of aromatic amines is 1. The maximum atomic E-state index is 12.9. The van der Waals surface area contributed by atoms with Crippen LogP contribution in [0.2, 0.25) is 0 Å². The average Bonchev–Trinajstić information content (AvgIpc) is 3.27. The van der Waals surface area contributed by atoms with Crippen LogP contribution in [0.25, 0.3) is 22.0 Å². The third-order valence-corrected chi connectivity index (χ3v) is 11.4. The molecule has 13 heteroatoms. The first-order valence-electron chi connectivity index (χ1n) is 21.0. The second-order valence-electron chi connectivity index (χ2n) is 15.7. The molecule has 0 spiro atoms. The Bertz CT molecular complexity index is 2550. The van der Waals surface area contributed by atoms with Gasteiger partial charge in [0.25, 0.3) is 0 Å². The number of anilines is 2. The number of phenolic OH excluding ortho intramolecular Hbond substituents is 1. The third kappa shape index (κ3) is 11.5. The van der Waals surface area contributed by atoms with Crippen molar-refractivity contribution in [2.24, 2.45) is 0 Å². The molecule has 0 bridgehead atoms. The van der Waals surface area contributed by atoms with E-state index in [2.05, 4.69) is 31.2 Å². The van der Waals surface area contributed by atoms with Crippen LogP contribution in [0.3, 0.4) is 0 Å². The highest BCUT2D eigenvalue weighted by Crippen LogP contribution is 2.39. The maximum absolute atomic E-state index is 12.9. The van der Waals surface area contributed by atoms with Crippen LogP contribution in [0.1, 0.15) is 59.1 Å². The first-order valence-corrected chi connectivity index (χ1v) is 21.0. The molecule has 0 saturated carbocycles. The summed E-state index contributed by atoms with van der Waals surface area (Å²) in [6.45, 7) is 3.51. The van der Waals surface area contributed by atoms with Crippen molar-refractivity contribution in [3.8, 4) is 16.9 Å². The number of para-hydroxylation sites is 1. The molecule has 0 aliphatic carbocycles. The van der Waals surface area contributed by atoms with Crippen LogP contribution in [0.15, 0.2) is 126 Å². The first-order chi connectivity index (χ1) is 30.1. The van der Waals surface area contributed by atoms with Crippen LogP contribution < -0.4 is 26.8 Å². The quantitative estimate of drug-likeness (QED) is 0.0450. The molecule has 6 aromatic rings. The van der Waals surface area contributed by atoms with E-state index in [0.717, 1.165) is 59.3 Å². The number of pyridine rings is 1. The van der Waals surface area contributed by atoms with Gasteiger partial charge in [0.1, 0.15) is 5.75 Å². The van der Waals surface area contributed by atoms with Gasteiger partial charge in [0.05, 0.1) is 23.7 Å². The molecule has 1 atom stereocenters. The van der Waals surface area contributed by atoms with E-state index in [9.17, 15) is 34.5 Å². The largest absolute Gasteiger partial charge is 0.506 e. The number of carbonyl (C=O) groups excluding carboxylic acids is 2. The van der Waals surface area contributed by atoms with E-state index < -0.39 is 12.2 Å². The SMILES string of the molecule is O=C(O)Nc1c(-c2ccccc2)cccc1C1CCN(CCC(=O)NCc2cccc(CC(=O)Nc3ccc(CCNC[C@H](O)c4ccc(O)c5[nH]c(=O)ccc45)cc3)c2)CC1. The monoisotopic (exact) mass is 836 g/mol. The van der Waals surface area contributed by atoms with Crippen LogP contribution >= 0.6 is 0 Å². The molecule has 0 unspecified atom stereocenters. The molecule has 2 heterocycles. The molecule has 0 radical (unpaired) electrons. The lowest BCUT2D eigenvalue weighted by Gasteiger charge is -2.33. The average molecular weight is 837 g/mol. The molecular weight excluding hydrogens is 785 g/mol. The van der Waals surface area contributed by atoms with Crippen molar-refractivity contribution in [3.05, 3.63) is 159 Å². The fraction of sp³-hybridized carbons (Fsp3) is 0.265. The van der Waals surface area contributed by atoms with E-state index in [4.69, 9.17) is 0 Å². The second-order valence-corrected chi connectivity index (χ2v) is 15.7. The summed E-state index contributed by atoms with van der Waals surface area (Å²) in [4.78, 5) is 54.2. The van der Waals surface area contributed by atoms with Crippen LogP contribution in [0.5, 0.6) is 5.75 Å². The van der Waals surface area contributed by atoms with Gasteiger partial charge in [-0.15, -0.1) is 0 Å². The topological polar surface area (TPSA) is 196 Å². The molecule has 7 rings (SSSR count). The number of phenols is 1. The molecular formula is C49H52N6O7. The van der Waals surface area contributed by atoms with Crippen molar-refractivity contribution >= 4 is 40.2 Å². The number of aromatic nitrogens is 1. The van der Waals surface area contributed by atoms with Gasteiger partial charge >= 0.3 is 6.09 Å². The minimum absolute atomic E-state index is 0.0435. The molecule has 1 aromatic heterocycles. The summed E-state index contributed by atoms with van der Waals surface area (Å²) in [5, 5.41) is 43.0. The van der Waals surface area contributed by atoms with E-state index >= 15 is 0 Å². The number of nitrogens with zero attached hydrogens (tertiary/aromatic N) is 1. The zero-order valence-corrected chi connectivity index (χ0v) is 34.4. The molecule has 1 fully saturated rings. The van der Waals surface area contributed by atoms with Gasteiger partial charge in [0.2, 0.25) is 17.4 Å². The fourth-order valence-corrected chi connectivity index (χ4v) is 8.16. The Morgan fingerprint density at radius 1 is 0.790 bits per heavy atom. The van der Waals surface area contributed by atoms with Crippen molar-refractivity contribution in [1.29, 1.82) is 0 Å². The number of aliphatic hydroxyl groups is 1. The summed E-state index contributed by atoms with van der Waals surface area (Å²) in [6.07, 6.45) is 1.05. The van der Waals surface area contributed by atoms with Gasteiger partial charge in [-0.25, -0.2) is 4.79 Å². The molecule has 1 aliphatic rings. The number of aliphatic hydroxyl groups excluding tert-OH is 1. The number of benzene rings is 5. The number of carboxylic acid groups (broad SMARTS) is 1. The van der Waals surface area contributed by atoms with Crippen molar-refractivity contribution in [1.82, 2.24) is 20.5 Å². The van der Waals surface area contributed by atoms with Crippen LogP contribution in [0.4, 0.5) is 16.2 Å². The van der Waals surface area contributed by atoms with E-state index in [1.54, 1.807) is 12.1 Å². The Morgan fingerprint density at radius 3 is 2.32 bits per heavy atom. The highest BCUT2D eigenvalue weighted by molar-refractivity contribution is 5.93. The zero-order chi connectivity index (χ0) is 43.4. The Labute approximate surface area is 359 Å². The molecule has 320 valence electrons. The van der Waals surface area contributed by atoms with Crippen molar-refractivity contribution < 1.29 is 29.7 Å². The summed E-state index contributed by atoms with van der Waals surface area (Å²) in [7, 11) is 0. The van der Waals surface area contributed by atoms with Crippen LogP contribution in [-0.2, 0) is 29.0 Å². The minimum Gasteiger partial charge on any atom is -0.506 e. The van der Waals surface area contributed by atoms with Gasteiger partial charge in [-0.2, -0.15) is 0 Å². The van der Waals surface area contributed by atoms with Crippen molar-refractivity contribution in [2.45, 2.75) is 50.7 Å². The Balaban J connectivity index is 0.805. The number of aromatic hydroxyl groups is 1. The third-order valence-electron chi connectivity index (χ3n) is 11.4. The number of likely N-dealkylation sites (tertiary alicyclic amines) is 1. The summed E-state index contributed by atoms with van der Waals surface area (Å²) in [6, 6.07) is 37.1. The standard InChI is InChI=1S/C49H52N6O7/c56-42-18-16-40(41-17-19-45(59)53-48(41)42)43(57)31-50-24-20-32-12-14-37(15-13-32)52-46(60)29-33-6-4-7-34(28-33)30-51-44(58)23-27-55-25-21-36(22-26-55)39-11-5-10-38(47(39)54-49(61)62)35-8-2-1-3-9-35/h1-19,28,36,43,50,54,56-57H,20-27,29-31H2,(H,51,58)(H,52,60)(H,53,59)(H,61,62)/t43-/m0/s1. The predicted octanol–water partition coefficient (Wildman–Crippen LogP) is 6.92. The van der Waals surface area contributed by atoms with E-state index in [1.807, 2.05) is 97.1 Å². The molecule has 13 nitrogen and oxygen atoms in total. The van der Waals surface area contributed by atoms with Gasteiger partial charge in [-0.05, 0) is 102 Å². The van der Waals surface area contributed by atoms with Gasteiger partial charge in [0.15, 0.2) is 0 Å². The molecule has 1 saturated heterocycles. The number of piperidine rings is 1. The molecule has 62 heavy (non-hydrogen) atoms. The number of hydrogen-bond acceptors (Lipinski definition) is 8. The van der Waals surface area contributed by atoms with Gasteiger partial charge in [-0.1, -0.05) is 91.0 Å². The summed E-state index contributed by atoms with van der Waals surface area (Å²) < 4.78 is 0. The van der Waals surface area contributed by atoms with Crippen molar-refractivity contribution in [2.75, 3.05) is 43.4 Å². The molecule has 1 aliphatic heterocycles. The normalized spacial score (nSPS) is 13.7. The predicted molar refractivity (Wildman–Crippen MR) is 241 cm³/mol. The lowest BCUT2D eigenvalue weighted by atomic mass is 9.86. The molecule has 3 amide bonds. The molecule has 8 N–H and O–H groups in total. The number of hydrogen-bond donors (Lipinski definition) is 8. The highest BCUT2D eigenvalue weighted by atomic mass is 16.4. The lowest BCUT2D eigenvalue weighted by molar-refractivity contribution is -0.121. The van der Waals surface area contributed by atoms with E-state index in [0.29, 0.717) is 60.3 Å². The number of H-pyrrole nitrogens is 1. The number of nitrogens with one attached hydrogen (secondary N) is 5. The van der Waals surface area contributed by atoms with Crippen molar-refractivity contribution in [3.63, 3.8) is 0 Å². The number of carbonyl (C=O) groups is 3. The Hall–Kier alpha value is -6.80. The number of fused-ring (bicyclic) bond motifs is 1. The minimum atomic E-state index is -1.09. The van der Waals surface area contributed by atoms with Gasteiger partial charge in [0, 0.05) is 48.8 Å². The first kappa shape index (κ1) is 43.3. The number of rotatable bonds is 17. The van der Waals surface area contributed by atoms with E-state index in [-0.39, 0.29) is 42.0 Å². The van der Waals surface area contributed by atoms with Gasteiger partial charge < -0.3 is 41.2 Å². The van der Waals surface area contributed by atoms with Crippen LogP contribution in [-0.4, -0.2) is 75.8 Å². The maximum Gasteiger partial charge on any atom is 0.409 e. The van der Waals surface area contributed by atoms with Crippen LogP contribution in [0, 0.1) is 0 Å². The number of amides is 3. The Morgan fingerprint density at radius 2 is 1.55 bits per heavy atom. The zero-order valence-electron chi connectivity index (χ0n) is 34.4. The lowest BCUT2D eigenvalue weighted by Crippen LogP contribution is -2.36. The summed E-state index contributed by atoms with van der Waals surface area (Å²) >= 11 is 0. The van der Waals surface area contributed by atoms with Gasteiger partial charge in [-0.3, -0.25) is 19.7 Å². The summed E-state index contributed by atoms with van der Waals surface area (Å²) in [5.74, 6) is -0.0467.